The molecule has 1 atom stereocenters. The summed E-state index contributed by atoms with van der Waals surface area (Å²) in [4.78, 5) is 2.41. The molecule has 0 spiro atoms. The van der Waals surface area contributed by atoms with Gasteiger partial charge in [-0.05, 0) is 32.8 Å². The molecular weight excluding hydrogens is 248 g/mol. The molecule has 2 aliphatic heterocycles. The first-order valence-corrected chi connectivity index (χ1v) is 7.60. The lowest BCUT2D eigenvalue weighted by molar-refractivity contribution is 0.142. The van der Waals surface area contributed by atoms with Crippen molar-refractivity contribution in [2.24, 2.45) is 0 Å². The van der Waals surface area contributed by atoms with Crippen molar-refractivity contribution in [1.82, 2.24) is 15.5 Å². The highest BCUT2D eigenvalue weighted by Crippen LogP contribution is 2.31. The van der Waals surface area contributed by atoms with Gasteiger partial charge < -0.3 is 15.5 Å². The second-order valence-electron chi connectivity index (χ2n) is 5.87. The van der Waals surface area contributed by atoms with Crippen molar-refractivity contribution in [1.29, 1.82) is 5.26 Å². The zero-order chi connectivity index (χ0) is 14.4. The van der Waals surface area contributed by atoms with Crippen molar-refractivity contribution in [3.05, 3.63) is 23.9 Å². The maximum atomic E-state index is 8.69. The Morgan fingerprint density at radius 2 is 2.20 bits per heavy atom. The van der Waals surface area contributed by atoms with Gasteiger partial charge in [0.2, 0.25) is 0 Å². The molecule has 1 unspecified atom stereocenters. The van der Waals surface area contributed by atoms with Crippen molar-refractivity contribution in [3.63, 3.8) is 0 Å². The summed E-state index contributed by atoms with van der Waals surface area (Å²) < 4.78 is 0. The van der Waals surface area contributed by atoms with Crippen LogP contribution in [-0.4, -0.2) is 42.7 Å². The first-order chi connectivity index (χ1) is 9.70. The van der Waals surface area contributed by atoms with E-state index in [1.54, 1.807) is 0 Å². The van der Waals surface area contributed by atoms with E-state index < -0.39 is 0 Å². The second-order valence-corrected chi connectivity index (χ2v) is 5.87. The molecule has 2 fully saturated rings. The molecule has 2 N–H and O–H groups in total. The van der Waals surface area contributed by atoms with Crippen LogP contribution >= 0.6 is 0 Å². The number of allylic oxidation sites excluding steroid dienone is 4. The Labute approximate surface area is 122 Å². The van der Waals surface area contributed by atoms with Gasteiger partial charge in [-0.3, -0.25) is 0 Å². The standard InChI is InChI=1S/C16H26N4/c1-3-4-6-14(2)19-16(15-13-18-15)7-11-20(12-8-16)10-5-9-17/h3-4,6,15,18-19H,5,7-8,10-13H2,1-2H3/b4-3-,14-6+. The summed E-state index contributed by atoms with van der Waals surface area (Å²) in [5.41, 5.74) is 1.44. The summed E-state index contributed by atoms with van der Waals surface area (Å²) in [7, 11) is 0. The third kappa shape index (κ3) is 3.84. The first kappa shape index (κ1) is 15.1. The van der Waals surface area contributed by atoms with Crippen molar-refractivity contribution in [3.8, 4) is 6.07 Å². The number of nitrogens with zero attached hydrogens (tertiary/aromatic N) is 2. The quantitative estimate of drug-likeness (QED) is 0.572. The summed E-state index contributed by atoms with van der Waals surface area (Å²) in [5, 5.41) is 15.9. The molecule has 20 heavy (non-hydrogen) atoms. The average Bonchev–Trinajstić information content (AvgIpc) is 3.29. The van der Waals surface area contributed by atoms with Gasteiger partial charge >= 0.3 is 0 Å². The highest BCUT2D eigenvalue weighted by molar-refractivity contribution is 5.17. The van der Waals surface area contributed by atoms with Gasteiger partial charge in [0, 0.05) is 44.3 Å². The number of rotatable bonds is 6. The molecule has 2 aliphatic rings. The molecule has 110 valence electrons. The monoisotopic (exact) mass is 274 g/mol. The van der Waals surface area contributed by atoms with Gasteiger partial charge in [0.1, 0.15) is 0 Å². The van der Waals surface area contributed by atoms with Gasteiger partial charge in [0.25, 0.3) is 0 Å². The zero-order valence-electron chi connectivity index (χ0n) is 12.7. The highest BCUT2D eigenvalue weighted by Gasteiger charge is 2.46. The predicted octanol–water partition coefficient (Wildman–Crippen LogP) is 1.78. The molecule has 0 aliphatic carbocycles. The molecule has 0 radical (unpaired) electrons. The van der Waals surface area contributed by atoms with Crippen LogP contribution in [-0.2, 0) is 0 Å². The lowest BCUT2D eigenvalue weighted by Gasteiger charge is -2.43. The Morgan fingerprint density at radius 1 is 1.50 bits per heavy atom. The van der Waals surface area contributed by atoms with Crippen molar-refractivity contribution >= 4 is 0 Å². The van der Waals surface area contributed by atoms with Crippen LogP contribution < -0.4 is 10.6 Å². The maximum Gasteiger partial charge on any atom is 0.0635 e. The smallest absolute Gasteiger partial charge is 0.0635 e. The van der Waals surface area contributed by atoms with Gasteiger partial charge in [-0.25, -0.2) is 0 Å². The normalized spacial score (nSPS) is 26.4. The molecule has 0 saturated carbocycles. The molecule has 0 aromatic heterocycles. The van der Waals surface area contributed by atoms with Crippen LogP contribution in [0, 0.1) is 11.3 Å². The van der Waals surface area contributed by atoms with Crippen LogP contribution in [0.2, 0.25) is 0 Å². The molecule has 4 heteroatoms. The van der Waals surface area contributed by atoms with E-state index in [1.807, 2.05) is 6.92 Å². The van der Waals surface area contributed by atoms with E-state index in [0.717, 1.165) is 39.0 Å². The van der Waals surface area contributed by atoms with E-state index in [2.05, 4.69) is 46.8 Å². The van der Waals surface area contributed by atoms with E-state index in [4.69, 9.17) is 5.26 Å². The van der Waals surface area contributed by atoms with Crippen molar-refractivity contribution in [2.45, 2.75) is 44.7 Å². The summed E-state index contributed by atoms with van der Waals surface area (Å²) >= 11 is 0. The van der Waals surface area contributed by atoms with Gasteiger partial charge in [0.05, 0.1) is 11.6 Å². The third-order valence-electron chi connectivity index (χ3n) is 4.35. The largest absolute Gasteiger partial charge is 0.381 e. The predicted molar refractivity (Wildman–Crippen MR) is 82.1 cm³/mol. The minimum Gasteiger partial charge on any atom is -0.381 e. The highest BCUT2D eigenvalue weighted by atomic mass is 15.2. The number of hydrogen-bond acceptors (Lipinski definition) is 4. The molecule has 0 aromatic carbocycles. The van der Waals surface area contributed by atoms with Crippen molar-refractivity contribution in [2.75, 3.05) is 26.2 Å². The van der Waals surface area contributed by atoms with Crippen LogP contribution in [0.5, 0.6) is 0 Å². The summed E-state index contributed by atoms with van der Waals surface area (Å²) in [6.45, 7) is 8.40. The van der Waals surface area contributed by atoms with E-state index in [0.29, 0.717) is 12.5 Å². The Balaban J connectivity index is 1.94. The van der Waals surface area contributed by atoms with Gasteiger partial charge in [-0.2, -0.15) is 5.26 Å². The Kier molecular flexibility index (Phi) is 5.22. The van der Waals surface area contributed by atoms with Gasteiger partial charge in [0.15, 0.2) is 0 Å². The topological polar surface area (TPSA) is 61.0 Å². The minimum atomic E-state index is 0.200. The Hall–Kier alpha value is -1.31. The van der Waals surface area contributed by atoms with Crippen molar-refractivity contribution < 1.29 is 0 Å². The number of nitrogens with one attached hydrogen (secondary N) is 2. The molecule has 2 saturated heterocycles. The molecule has 0 bridgehead atoms. The van der Waals surface area contributed by atoms with E-state index in [1.165, 1.54) is 5.70 Å². The lowest BCUT2D eigenvalue weighted by atomic mass is 9.83. The van der Waals surface area contributed by atoms with Crippen LogP contribution in [0.3, 0.4) is 0 Å². The van der Waals surface area contributed by atoms with Crippen LogP contribution in [0.4, 0.5) is 0 Å². The van der Waals surface area contributed by atoms with Gasteiger partial charge in [-0.15, -0.1) is 0 Å². The second kappa shape index (κ2) is 6.92. The van der Waals surface area contributed by atoms with Crippen LogP contribution in [0.25, 0.3) is 0 Å². The summed E-state index contributed by atoms with van der Waals surface area (Å²) in [5.74, 6) is 0. The fourth-order valence-electron chi connectivity index (χ4n) is 3.07. The number of piperidine rings is 1. The summed E-state index contributed by atoms with van der Waals surface area (Å²) in [6, 6.07) is 2.85. The van der Waals surface area contributed by atoms with Crippen LogP contribution in [0.15, 0.2) is 23.9 Å². The molecule has 2 rings (SSSR count). The fourth-order valence-corrected chi connectivity index (χ4v) is 3.07. The average molecular weight is 274 g/mol. The lowest BCUT2D eigenvalue weighted by Crippen LogP contribution is -2.57. The van der Waals surface area contributed by atoms with E-state index in [9.17, 15) is 0 Å². The summed E-state index contributed by atoms with van der Waals surface area (Å²) in [6.07, 6.45) is 9.22. The number of nitriles is 1. The molecule has 0 aromatic rings. The third-order valence-corrected chi connectivity index (χ3v) is 4.35. The number of hydrogen-bond donors (Lipinski definition) is 2. The Bertz CT molecular complexity index is 407. The van der Waals surface area contributed by atoms with Crippen LogP contribution in [0.1, 0.15) is 33.1 Å². The SMILES string of the molecule is C/C=C\C=C(/C)NC1(C2CN2)CCN(CCC#N)CC1. The van der Waals surface area contributed by atoms with E-state index in [-0.39, 0.29) is 5.54 Å². The Morgan fingerprint density at radius 3 is 2.75 bits per heavy atom. The molecule has 4 nitrogen and oxygen atoms in total. The van der Waals surface area contributed by atoms with E-state index >= 15 is 0 Å². The minimum absolute atomic E-state index is 0.200. The first-order valence-electron chi connectivity index (χ1n) is 7.60. The molecular formula is C16H26N4. The molecule has 2 heterocycles. The van der Waals surface area contributed by atoms with Gasteiger partial charge in [-0.1, -0.05) is 12.2 Å². The maximum absolute atomic E-state index is 8.69. The number of likely N-dealkylation sites (tertiary alicyclic amines) is 1. The molecule has 0 amide bonds. The zero-order valence-corrected chi connectivity index (χ0v) is 12.7. The fraction of sp³-hybridized carbons (Fsp3) is 0.688.